The van der Waals surface area contributed by atoms with E-state index in [1.165, 1.54) is 0 Å². The number of esters is 1. The molecule has 0 N–H and O–H groups in total. The molecule has 0 aliphatic heterocycles. The summed E-state index contributed by atoms with van der Waals surface area (Å²) in [7, 11) is 3.31. The number of thiophene rings is 1. The van der Waals surface area contributed by atoms with Crippen molar-refractivity contribution in [2.45, 2.75) is 19.8 Å². The van der Waals surface area contributed by atoms with Gasteiger partial charge < -0.3 is 14.2 Å². The van der Waals surface area contributed by atoms with Crippen LogP contribution in [0.25, 0.3) is 21.6 Å². The van der Waals surface area contributed by atoms with Gasteiger partial charge >= 0.3 is 5.97 Å². The minimum absolute atomic E-state index is 0.202. The maximum absolute atomic E-state index is 12.3. The lowest BCUT2D eigenvalue weighted by molar-refractivity contribution is -0.144. The first-order chi connectivity index (χ1) is 13.6. The van der Waals surface area contributed by atoms with Crippen LogP contribution >= 0.6 is 11.3 Å². The molecule has 3 rings (SSSR count). The zero-order valence-corrected chi connectivity index (χ0v) is 17.3. The molecule has 0 aliphatic carbocycles. The summed E-state index contributed by atoms with van der Waals surface area (Å²) in [4.78, 5) is 14.3. The molecule has 1 aromatic heterocycles. The number of rotatable bonds is 7. The Kier molecular flexibility index (Phi) is 6.37. The Morgan fingerprint density at radius 3 is 1.96 bits per heavy atom. The molecule has 5 heteroatoms. The lowest BCUT2D eigenvalue weighted by atomic mass is 10.0. The molecular weight excluding hydrogens is 372 g/mol. The summed E-state index contributed by atoms with van der Waals surface area (Å²) in [5, 5.41) is 0. The summed E-state index contributed by atoms with van der Waals surface area (Å²) in [5.41, 5.74) is 3.24. The van der Waals surface area contributed by atoms with E-state index >= 15 is 0 Å². The minimum Gasteiger partial charge on any atom is -0.497 e. The molecular formula is C23H24O4S. The Morgan fingerprint density at radius 2 is 1.46 bits per heavy atom. The van der Waals surface area contributed by atoms with Gasteiger partial charge in [0, 0.05) is 15.3 Å². The van der Waals surface area contributed by atoms with E-state index in [4.69, 9.17) is 14.2 Å². The number of hydrogen-bond acceptors (Lipinski definition) is 5. The average Bonchev–Trinajstić information content (AvgIpc) is 3.19. The van der Waals surface area contributed by atoms with Gasteiger partial charge in [0.15, 0.2) is 0 Å². The summed E-state index contributed by atoms with van der Waals surface area (Å²) in [6.07, 6.45) is 0. The maximum Gasteiger partial charge on any atom is 0.313 e. The highest BCUT2D eigenvalue weighted by atomic mass is 32.1. The van der Waals surface area contributed by atoms with Crippen LogP contribution in [0.4, 0.5) is 0 Å². The predicted molar refractivity (Wildman–Crippen MR) is 113 cm³/mol. The molecule has 146 valence electrons. The van der Waals surface area contributed by atoms with Gasteiger partial charge in [0.2, 0.25) is 0 Å². The van der Waals surface area contributed by atoms with Crippen LogP contribution in [0.5, 0.6) is 11.5 Å². The fourth-order valence-corrected chi connectivity index (χ4v) is 4.17. The third-order valence-corrected chi connectivity index (χ3v) is 5.94. The molecule has 0 spiro atoms. The molecule has 28 heavy (non-hydrogen) atoms. The van der Waals surface area contributed by atoms with Crippen molar-refractivity contribution in [1.29, 1.82) is 0 Å². The van der Waals surface area contributed by atoms with Crippen LogP contribution in [0.1, 0.15) is 24.6 Å². The van der Waals surface area contributed by atoms with Gasteiger partial charge in [-0.05, 0) is 67.4 Å². The number of carbonyl (C=O) groups excluding carboxylic acids is 1. The fraction of sp³-hybridized carbons (Fsp3) is 0.261. The van der Waals surface area contributed by atoms with Crippen LogP contribution in [0.15, 0.2) is 54.6 Å². The molecule has 0 amide bonds. The van der Waals surface area contributed by atoms with Crippen molar-refractivity contribution in [2.24, 2.45) is 0 Å². The third-order valence-electron chi connectivity index (χ3n) is 4.57. The van der Waals surface area contributed by atoms with E-state index in [9.17, 15) is 4.79 Å². The largest absolute Gasteiger partial charge is 0.497 e. The molecule has 0 radical (unpaired) electrons. The Morgan fingerprint density at radius 1 is 0.929 bits per heavy atom. The predicted octanol–water partition coefficient (Wildman–Crippen LogP) is 5.77. The molecule has 1 heterocycles. The second-order valence-corrected chi connectivity index (χ2v) is 7.41. The quantitative estimate of drug-likeness (QED) is 0.476. The van der Waals surface area contributed by atoms with Gasteiger partial charge in [-0.2, -0.15) is 0 Å². The summed E-state index contributed by atoms with van der Waals surface area (Å²) in [6, 6.07) is 18.0. The van der Waals surface area contributed by atoms with Gasteiger partial charge in [0.05, 0.1) is 26.7 Å². The normalized spacial score (nSPS) is 11.7. The molecule has 2 aromatic carbocycles. The van der Waals surface area contributed by atoms with Crippen LogP contribution in [-0.2, 0) is 9.53 Å². The molecule has 1 atom stereocenters. The highest BCUT2D eigenvalue weighted by molar-refractivity contribution is 7.16. The molecule has 0 aliphatic rings. The maximum atomic E-state index is 12.3. The highest BCUT2D eigenvalue weighted by Gasteiger charge is 2.22. The summed E-state index contributed by atoms with van der Waals surface area (Å²) in [6.45, 7) is 4.09. The average molecular weight is 397 g/mol. The molecule has 0 saturated heterocycles. The lowest BCUT2D eigenvalue weighted by Crippen LogP contribution is -2.11. The Bertz CT molecular complexity index is 861. The van der Waals surface area contributed by atoms with Gasteiger partial charge in [0.1, 0.15) is 11.5 Å². The zero-order valence-electron chi connectivity index (χ0n) is 16.5. The van der Waals surface area contributed by atoms with Crippen molar-refractivity contribution in [3.8, 4) is 33.1 Å². The van der Waals surface area contributed by atoms with Crippen LogP contribution < -0.4 is 9.47 Å². The number of methoxy groups -OCH3 is 2. The van der Waals surface area contributed by atoms with Gasteiger partial charge in [-0.1, -0.05) is 12.1 Å². The smallest absolute Gasteiger partial charge is 0.313 e. The molecule has 0 fully saturated rings. The zero-order chi connectivity index (χ0) is 20.1. The number of hydrogen-bond donors (Lipinski definition) is 0. The standard InChI is InChI=1S/C23H24O4S/c1-5-27-23(24)15(2)21-14-20(16-6-10-18(25-3)11-7-16)22(28-21)17-8-12-19(26-4)13-9-17/h6-15H,5H2,1-4H3. The van der Waals surface area contributed by atoms with Gasteiger partial charge in [-0.15, -0.1) is 11.3 Å². The van der Waals surface area contributed by atoms with Crippen molar-refractivity contribution in [1.82, 2.24) is 0 Å². The van der Waals surface area contributed by atoms with E-state index in [0.717, 1.165) is 37.9 Å². The molecule has 3 aromatic rings. The third kappa shape index (κ3) is 4.20. The van der Waals surface area contributed by atoms with Crippen molar-refractivity contribution < 1.29 is 19.0 Å². The number of carbonyl (C=O) groups is 1. The summed E-state index contributed by atoms with van der Waals surface area (Å²) >= 11 is 1.62. The van der Waals surface area contributed by atoms with Crippen molar-refractivity contribution in [3.05, 3.63) is 59.5 Å². The minimum atomic E-state index is -0.311. The molecule has 0 saturated carbocycles. The summed E-state index contributed by atoms with van der Waals surface area (Å²) < 4.78 is 15.8. The Balaban J connectivity index is 2.07. The van der Waals surface area contributed by atoms with Crippen molar-refractivity contribution >= 4 is 17.3 Å². The van der Waals surface area contributed by atoms with E-state index in [1.54, 1.807) is 25.6 Å². The molecule has 0 bridgehead atoms. The second kappa shape index (κ2) is 8.93. The SMILES string of the molecule is CCOC(=O)C(C)c1cc(-c2ccc(OC)cc2)c(-c2ccc(OC)cc2)s1. The monoisotopic (exact) mass is 396 g/mol. The van der Waals surface area contributed by atoms with E-state index in [1.807, 2.05) is 62.4 Å². The fourth-order valence-electron chi connectivity index (χ4n) is 2.95. The van der Waals surface area contributed by atoms with E-state index in [-0.39, 0.29) is 11.9 Å². The van der Waals surface area contributed by atoms with Crippen molar-refractivity contribution in [2.75, 3.05) is 20.8 Å². The van der Waals surface area contributed by atoms with Crippen LogP contribution in [0.3, 0.4) is 0 Å². The van der Waals surface area contributed by atoms with Crippen LogP contribution in [-0.4, -0.2) is 26.8 Å². The van der Waals surface area contributed by atoms with E-state index in [0.29, 0.717) is 6.61 Å². The molecule has 1 unspecified atom stereocenters. The first-order valence-corrected chi connectivity index (χ1v) is 9.98. The number of benzene rings is 2. The Hall–Kier alpha value is -2.79. The van der Waals surface area contributed by atoms with Gasteiger partial charge in [-0.25, -0.2) is 0 Å². The number of ether oxygens (including phenoxy) is 3. The summed E-state index contributed by atoms with van der Waals surface area (Å²) in [5.74, 6) is 1.11. The lowest BCUT2D eigenvalue weighted by Gasteiger charge is -2.07. The van der Waals surface area contributed by atoms with E-state index in [2.05, 4.69) is 6.07 Å². The van der Waals surface area contributed by atoms with Crippen LogP contribution in [0.2, 0.25) is 0 Å². The first-order valence-electron chi connectivity index (χ1n) is 9.16. The Labute approximate surface area is 169 Å². The highest BCUT2D eigenvalue weighted by Crippen LogP contribution is 2.42. The molecule has 4 nitrogen and oxygen atoms in total. The first kappa shape index (κ1) is 20.0. The van der Waals surface area contributed by atoms with Crippen LogP contribution in [0, 0.1) is 0 Å². The van der Waals surface area contributed by atoms with Gasteiger partial charge in [0.25, 0.3) is 0 Å². The van der Waals surface area contributed by atoms with E-state index < -0.39 is 0 Å². The van der Waals surface area contributed by atoms with Crippen molar-refractivity contribution in [3.63, 3.8) is 0 Å². The van der Waals surface area contributed by atoms with Gasteiger partial charge in [-0.3, -0.25) is 4.79 Å². The topological polar surface area (TPSA) is 44.8 Å². The second-order valence-electron chi connectivity index (χ2n) is 6.32.